The maximum absolute atomic E-state index is 6.20. The van der Waals surface area contributed by atoms with Crippen molar-refractivity contribution in [3.63, 3.8) is 0 Å². The fourth-order valence-corrected chi connectivity index (χ4v) is 11.4. The lowest BCUT2D eigenvalue weighted by Gasteiger charge is -2.31. The van der Waals surface area contributed by atoms with Crippen LogP contribution in [-0.4, -0.2) is 0 Å². The quantitative estimate of drug-likeness (QED) is 0.0370. The van der Waals surface area contributed by atoms with Crippen molar-refractivity contribution in [2.75, 3.05) is 11.5 Å². The molecule has 5 rings (SSSR count). The van der Waals surface area contributed by atoms with Crippen LogP contribution < -0.4 is 11.5 Å². The summed E-state index contributed by atoms with van der Waals surface area (Å²) in [6.45, 7) is 7.07. The number of nitrogen functional groups attached to an aromatic ring is 2. The van der Waals surface area contributed by atoms with E-state index in [1.807, 2.05) is 0 Å². The molecule has 0 aromatic heterocycles. The van der Waals surface area contributed by atoms with E-state index in [2.05, 4.69) is 118 Å². The predicted molar refractivity (Wildman–Crippen MR) is 283 cm³/mol. The lowest BCUT2D eigenvalue weighted by molar-refractivity contribution is 0.225. The van der Waals surface area contributed by atoms with Crippen LogP contribution in [0.2, 0.25) is 0 Å². The van der Waals surface area contributed by atoms with Crippen LogP contribution in [0, 0.1) is 11.8 Å². The van der Waals surface area contributed by atoms with E-state index in [9.17, 15) is 0 Å². The van der Waals surface area contributed by atoms with Gasteiger partial charge in [0.2, 0.25) is 0 Å². The van der Waals surface area contributed by atoms with E-state index in [-0.39, 0.29) is 0 Å². The Balaban J connectivity index is 1.31. The topological polar surface area (TPSA) is 52.0 Å². The lowest BCUT2D eigenvalue weighted by atomic mass is 9.74. The lowest BCUT2D eigenvalue weighted by Crippen LogP contribution is -2.18. The maximum Gasteiger partial charge on any atom is 0.0314 e. The summed E-state index contributed by atoms with van der Waals surface area (Å²) in [6, 6.07) is 37.4. The van der Waals surface area contributed by atoms with Crippen LogP contribution >= 0.6 is 0 Å². The van der Waals surface area contributed by atoms with Crippen molar-refractivity contribution < 1.29 is 0 Å². The van der Waals surface area contributed by atoms with Crippen LogP contribution in [0.4, 0.5) is 11.4 Å². The molecule has 352 valence electrons. The fraction of sp³-hybridized carbons (Fsp3) is 0.613. The summed E-state index contributed by atoms with van der Waals surface area (Å²) in [4.78, 5) is 0. The number of benzene rings is 4. The molecule has 64 heavy (non-hydrogen) atoms. The molecular weight excluding hydrogens is 773 g/mol. The smallest absolute Gasteiger partial charge is 0.0314 e. The Bertz CT molecular complexity index is 1620. The molecule has 0 heterocycles. The van der Waals surface area contributed by atoms with Gasteiger partial charge in [0, 0.05) is 29.1 Å². The van der Waals surface area contributed by atoms with Gasteiger partial charge in [0.1, 0.15) is 0 Å². The highest BCUT2D eigenvalue weighted by Crippen LogP contribution is 2.40. The number of hydrogen-bond acceptors (Lipinski definition) is 2. The molecule has 1 fully saturated rings. The highest BCUT2D eigenvalue weighted by Gasteiger charge is 2.25. The Kier molecular flexibility index (Phi) is 24.6. The third kappa shape index (κ3) is 18.0. The van der Waals surface area contributed by atoms with Gasteiger partial charge in [0.25, 0.3) is 0 Å². The molecule has 1 aliphatic rings. The second-order valence-corrected chi connectivity index (χ2v) is 20.4. The van der Waals surface area contributed by atoms with Crippen LogP contribution in [0.1, 0.15) is 265 Å². The number of nitrogens with two attached hydrogens (primary N) is 2. The molecule has 0 amide bonds. The average molecular weight is 867 g/mol. The van der Waals surface area contributed by atoms with Gasteiger partial charge in [-0.3, -0.25) is 0 Å². The van der Waals surface area contributed by atoms with E-state index in [0.29, 0.717) is 17.8 Å². The van der Waals surface area contributed by atoms with Gasteiger partial charge in [-0.15, -0.1) is 0 Å². The SMILES string of the molecule is CCCCCCCCCCCCC(c1ccc(N)cc1)c1ccc(C(CCC(CC)C2CCCCC2)c2ccc(C(CCCCCCCCCCCC)c3ccc(N)cc3)cc2)cc1. The van der Waals surface area contributed by atoms with Gasteiger partial charge >= 0.3 is 0 Å². The molecule has 4 N–H and O–H groups in total. The normalized spacial score (nSPS) is 15.2. The minimum Gasteiger partial charge on any atom is -0.399 e. The molecule has 0 bridgehead atoms. The highest BCUT2D eigenvalue weighted by molar-refractivity contribution is 5.45. The maximum atomic E-state index is 6.20. The summed E-state index contributed by atoms with van der Waals surface area (Å²) >= 11 is 0. The molecule has 0 saturated heterocycles. The van der Waals surface area contributed by atoms with E-state index >= 15 is 0 Å². The van der Waals surface area contributed by atoms with Crippen LogP contribution in [0.25, 0.3) is 0 Å². The Morgan fingerprint density at radius 3 is 0.938 bits per heavy atom. The van der Waals surface area contributed by atoms with Crippen LogP contribution in [0.3, 0.4) is 0 Å². The van der Waals surface area contributed by atoms with Gasteiger partial charge in [-0.25, -0.2) is 0 Å². The molecule has 4 aromatic carbocycles. The second-order valence-electron chi connectivity index (χ2n) is 20.4. The summed E-state index contributed by atoms with van der Waals surface area (Å²) in [6.07, 6.45) is 40.8. The Morgan fingerprint density at radius 1 is 0.344 bits per heavy atom. The average Bonchev–Trinajstić information content (AvgIpc) is 3.33. The second kappa shape index (κ2) is 30.6. The third-order valence-electron chi connectivity index (χ3n) is 15.5. The first-order chi connectivity index (χ1) is 31.5. The monoisotopic (exact) mass is 867 g/mol. The zero-order valence-corrected chi connectivity index (χ0v) is 41.5. The minimum atomic E-state index is 0.398. The summed E-state index contributed by atoms with van der Waals surface area (Å²) in [5.74, 6) is 2.93. The van der Waals surface area contributed by atoms with E-state index in [0.717, 1.165) is 23.2 Å². The van der Waals surface area contributed by atoms with Crippen LogP contribution in [0.5, 0.6) is 0 Å². The van der Waals surface area contributed by atoms with E-state index in [1.54, 1.807) is 0 Å². The van der Waals surface area contributed by atoms with Crippen molar-refractivity contribution in [1.82, 2.24) is 0 Å². The molecule has 3 atom stereocenters. The molecule has 0 aliphatic heterocycles. The molecule has 2 heteroatoms. The molecule has 4 aromatic rings. The third-order valence-corrected chi connectivity index (χ3v) is 15.5. The minimum absolute atomic E-state index is 0.398. The number of unbranched alkanes of at least 4 members (excludes halogenated alkanes) is 18. The van der Waals surface area contributed by atoms with Gasteiger partial charge < -0.3 is 11.5 Å². The van der Waals surface area contributed by atoms with Crippen molar-refractivity contribution >= 4 is 11.4 Å². The predicted octanol–water partition coefficient (Wildman–Crippen LogP) is 19.3. The first-order valence-electron chi connectivity index (χ1n) is 27.4. The summed E-state index contributed by atoms with van der Waals surface area (Å²) in [7, 11) is 0. The zero-order chi connectivity index (χ0) is 45.0. The number of anilines is 2. The van der Waals surface area contributed by atoms with Gasteiger partial charge in [0.15, 0.2) is 0 Å². The Morgan fingerprint density at radius 2 is 0.625 bits per heavy atom. The van der Waals surface area contributed by atoms with Crippen molar-refractivity contribution in [1.29, 1.82) is 0 Å². The summed E-state index contributed by atoms with van der Waals surface area (Å²) < 4.78 is 0. The first kappa shape index (κ1) is 51.5. The van der Waals surface area contributed by atoms with E-state index in [1.165, 1.54) is 226 Å². The molecule has 1 aliphatic carbocycles. The zero-order valence-electron chi connectivity index (χ0n) is 41.5. The van der Waals surface area contributed by atoms with Gasteiger partial charge in [-0.1, -0.05) is 261 Å². The molecule has 2 nitrogen and oxygen atoms in total. The van der Waals surface area contributed by atoms with E-state index in [4.69, 9.17) is 11.5 Å². The van der Waals surface area contributed by atoms with Gasteiger partial charge in [-0.05, 0) is 95.2 Å². The molecule has 0 radical (unpaired) electrons. The fourth-order valence-electron chi connectivity index (χ4n) is 11.4. The van der Waals surface area contributed by atoms with E-state index < -0.39 is 0 Å². The standard InChI is InChI=1S/C62H94N2/c1-4-7-9-11-13-15-17-19-21-26-30-60(56-40-45-58(63)46-41-56)52-32-36-54(37-33-52)62(49-44-50(6-3)51-28-24-23-25-29-51)55-38-34-53(35-39-55)61(57-42-47-59(64)48-43-57)31-27-22-20-18-16-14-12-10-8-5-2/h32-43,45-48,50-51,60-62H,4-31,44,49,63-64H2,1-3H3. The van der Waals surface area contributed by atoms with Gasteiger partial charge in [-0.2, -0.15) is 0 Å². The molecule has 1 saturated carbocycles. The van der Waals surface area contributed by atoms with Crippen molar-refractivity contribution in [2.24, 2.45) is 11.8 Å². The molecule has 0 spiro atoms. The van der Waals surface area contributed by atoms with Crippen molar-refractivity contribution in [3.05, 3.63) is 130 Å². The highest BCUT2D eigenvalue weighted by atomic mass is 14.5. The Hall–Kier alpha value is -3.52. The van der Waals surface area contributed by atoms with Gasteiger partial charge in [0.05, 0.1) is 0 Å². The summed E-state index contributed by atoms with van der Waals surface area (Å²) in [5, 5.41) is 0. The number of rotatable bonds is 33. The summed E-state index contributed by atoms with van der Waals surface area (Å²) in [5.41, 5.74) is 22.8. The first-order valence-corrected chi connectivity index (χ1v) is 27.4. The molecule has 3 unspecified atom stereocenters. The van der Waals surface area contributed by atoms with Crippen molar-refractivity contribution in [2.45, 2.75) is 231 Å². The van der Waals surface area contributed by atoms with Crippen molar-refractivity contribution in [3.8, 4) is 0 Å². The number of hydrogen-bond donors (Lipinski definition) is 2. The largest absolute Gasteiger partial charge is 0.399 e. The van der Waals surface area contributed by atoms with Crippen LogP contribution in [0.15, 0.2) is 97.1 Å². The molecular formula is C62H94N2. The Labute approximate surface area is 394 Å². The van der Waals surface area contributed by atoms with Crippen LogP contribution in [-0.2, 0) is 0 Å².